The Hall–Kier alpha value is -1.71. The fourth-order valence-electron chi connectivity index (χ4n) is 2.26. The molecule has 2 aromatic rings. The predicted molar refractivity (Wildman–Crippen MR) is 91.7 cm³/mol. The van der Waals surface area contributed by atoms with Gasteiger partial charge in [-0.3, -0.25) is 0 Å². The van der Waals surface area contributed by atoms with Gasteiger partial charge in [0.2, 0.25) is 0 Å². The third-order valence-electron chi connectivity index (χ3n) is 3.36. The van der Waals surface area contributed by atoms with E-state index in [1.165, 1.54) is 5.56 Å². The average Bonchev–Trinajstić information content (AvgIpc) is 2.47. The van der Waals surface area contributed by atoms with Crippen molar-refractivity contribution in [1.82, 2.24) is 4.90 Å². The largest absolute Gasteiger partial charge is 0.397 e. The minimum absolute atomic E-state index is 0.674. The highest BCUT2D eigenvalue weighted by Crippen LogP contribution is 2.27. The Morgan fingerprint density at radius 3 is 2.57 bits per heavy atom. The molecule has 0 fully saturated rings. The smallest absolute Gasteiger partial charge is 0.0763 e. The van der Waals surface area contributed by atoms with E-state index in [4.69, 9.17) is 17.3 Å². The Labute approximate surface area is 131 Å². The van der Waals surface area contributed by atoms with Crippen LogP contribution in [0.25, 0.3) is 0 Å². The number of nitrogens with zero attached hydrogens (tertiary/aromatic N) is 1. The van der Waals surface area contributed by atoms with Crippen molar-refractivity contribution >= 4 is 23.0 Å². The van der Waals surface area contributed by atoms with Crippen LogP contribution in [0.15, 0.2) is 48.5 Å². The van der Waals surface area contributed by atoms with Gasteiger partial charge in [0.1, 0.15) is 0 Å². The van der Waals surface area contributed by atoms with E-state index in [9.17, 15) is 0 Å². The van der Waals surface area contributed by atoms with Gasteiger partial charge in [0.25, 0.3) is 0 Å². The van der Waals surface area contributed by atoms with Gasteiger partial charge in [-0.1, -0.05) is 48.0 Å². The molecule has 0 unspecified atom stereocenters. The topological polar surface area (TPSA) is 41.3 Å². The molecule has 0 spiro atoms. The molecule has 0 bridgehead atoms. The van der Waals surface area contributed by atoms with E-state index in [0.29, 0.717) is 10.7 Å². The Kier molecular flexibility index (Phi) is 5.90. The van der Waals surface area contributed by atoms with E-state index in [-0.39, 0.29) is 0 Å². The van der Waals surface area contributed by atoms with E-state index in [1.54, 1.807) is 0 Å². The fraction of sp³-hybridized carbons (Fsp3) is 0.294. The van der Waals surface area contributed by atoms with E-state index in [1.807, 2.05) is 24.3 Å². The van der Waals surface area contributed by atoms with Crippen LogP contribution in [0.3, 0.4) is 0 Å². The van der Waals surface area contributed by atoms with Gasteiger partial charge in [0.05, 0.1) is 16.4 Å². The second kappa shape index (κ2) is 7.91. The molecule has 0 radical (unpaired) electrons. The normalized spacial score (nSPS) is 10.8. The van der Waals surface area contributed by atoms with Crippen molar-refractivity contribution < 1.29 is 0 Å². The molecule has 3 nitrogen and oxygen atoms in total. The number of nitrogens with two attached hydrogens (primary N) is 1. The van der Waals surface area contributed by atoms with E-state index >= 15 is 0 Å². The summed E-state index contributed by atoms with van der Waals surface area (Å²) in [5.74, 6) is 0. The second-order valence-electron chi connectivity index (χ2n) is 5.21. The fourth-order valence-corrected chi connectivity index (χ4v) is 2.51. The van der Waals surface area contributed by atoms with Gasteiger partial charge in [0.15, 0.2) is 0 Å². The number of benzene rings is 2. The Morgan fingerprint density at radius 2 is 1.86 bits per heavy atom. The molecule has 0 aromatic heterocycles. The van der Waals surface area contributed by atoms with Crippen LogP contribution in [0.4, 0.5) is 11.4 Å². The first-order valence-corrected chi connectivity index (χ1v) is 7.55. The Morgan fingerprint density at radius 1 is 1.10 bits per heavy atom. The molecule has 0 saturated heterocycles. The predicted octanol–water partition coefficient (Wildman–Crippen LogP) is 3.86. The van der Waals surface area contributed by atoms with Gasteiger partial charge in [-0.2, -0.15) is 0 Å². The third-order valence-corrected chi connectivity index (χ3v) is 3.67. The van der Waals surface area contributed by atoms with E-state index in [0.717, 1.165) is 31.7 Å². The molecule has 3 N–H and O–H groups in total. The molecule has 0 aliphatic heterocycles. The zero-order chi connectivity index (χ0) is 15.1. The lowest BCUT2D eigenvalue weighted by Crippen LogP contribution is -2.21. The number of nitrogen functional groups attached to an aromatic ring is 1. The highest BCUT2D eigenvalue weighted by Gasteiger charge is 2.04. The lowest BCUT2D eigenvalue weighted by molar-refractivity contribution is 0.325. The van der Waals surface area contributed by atoms with Crippen molar-refractivity contribution in [3.05, 3.63) is 59.1 Å². The number of anilines is 2. The Balaban J connectivity index is 1.72. The number of nitrogens with one attached hydrogen (secondary N) is 1. The summed E-state index contributed by atoms with van der Waals surface area (Å²) in [4.78, 5) is 2.31. The van der Waals surface area contributed by atoms with Crippen LogP contribution in [-0.4, -0.2) is 25.0 Å². The second-order valence-corrected chi connectivity index (χ2v) is 5.61. The lowest BCUT2D eigenvalue weighted by atomic mass is 10.2. The standard InChI is InChI=1S/C17H22ClN3/c1-21(13-14-7-3-2-4-8-14)12-6-11-20-17-15(18)9-5-10-16(17)19/h2-5,7-10,20H,6,11-13,19H2,1H3. The van der Waals surface area contributed by atoms with Gasteiger partial charge in [-0.25, -0.2) is 0 Å². The quantitative estimate of drug-likeness (QED) is 0.603. The van der Waals surface area contributed by atoms with Gasteiger partial charge >= 0.3 is 0 Å². The molecule has 0 aliphatic rings. The molecule has 4 heteroatoms. The zero-order valence-corrected chi connectivity index (χ0v) is 13.1. The first-order chi connectivity index (χ1) is 10.2. The molecule has 0 heterocycles. The van der Waals surface area contributed by atoms with Crippen molar-refractivity contribution in [2.45, 2.75) is 13.0 Å². The minimum Gasteiger partial charge on any atom is -0.397 e. The molecule has 0 aliphatic carbocycles. The summed E-state index contributed by atoms with van der Waals surface area (Å²) < 4.78 is 0. The monoisotopic (exact) mass is 303 g/mol. The SMILES string of the molecule is CN(CCCNc1c(N)cccc1Cl)Cc1ccccc1. The maximum Gasteiger partial charge on any atom is 0.0763 e. The summed E-state index contributed by atoms with van der Waals surface area (Å²) in [6.45, 7) is 2.84. The van der Waals surface area contributed by atoms with Crippen LogP contribution in [-0.2, 0) is 6.54 Å². The molecule has 2 rings (SSSR count). The number of para-hydroxylation sites is 1. The molecular weight excluding hydrogens is 282 g/mol. The van der Waals surface area contributed by atoms with Crippen molar-refractivity contribution in [2.75, 3.05) is 31.2 Å². The maximum absolute atomic E-state index is 6.13. The van der Waals surface area contributed by atoms with Gasteiger partial charge in [-0.15, -0.1) is 0 Å². The van der Waals surface area contributed by atoms with Crippen molar-refractivity contribution in [3.63, 3.8) is 0 Å². The van der Waals surface area contributed by atoms with Crippen LogP contribution >= 0.6 is 11.6 Å². The minimum atomic E-state index is 0.674. The van der Waals surface area contributed by atoms with Gasteiger partial charge in [0, 0.05) is 13.1 Å². The average molecular weight is 304 g/mol. The lowest BCUT2D eigenvalue weighted by Gasteiger charge is -2.17. The summed E-state index contributed by atoms with van der Waals surface area (Å²) >= 11 is 6.13. The molecule has 112 valence electrons. The number of hydrogen-bond acceptors (Lipinski definition) is 3. The van der Waals surface area contributed by atoms with Crippen molar-refractivity contribution in [2.24, 2.45) is 0 Å². The van der Waals surface area contributed by atoms with Crippen LogP contribution < -0.4 is 11.1 Å². The molecule has 0 saturated carbocycles. The molecular formula is C17H22ClN3. The first-order valence-electron chi connectivity index (χ1n) is 7.17. The number of halogens is 1. The molecule has 0 amide bonds. The first kappa shape index (κ1) is 15.7. The summed E-state index contributed by atoms with van der Waals surface area (Å²) in [6.07, 6.45) is 1.04. The Bertz CT molecular complexity index is 537. The zero-order valence-electron chi connectivity index (χ0n) is 12.3. The summed E-state index contributed by atoms with van der Waals surface area (Å²) in [5.41, 5.74) is 8.78. The summed E-state index contributed by atoms with van der Waals surface area (Å²) in [7, 11) is 2.14. The number of rotatable bonds is 7. The van der Waals surface area contributed by atoms with E-state index < -0.39 is 0 Å². The van der Waals surface area contributed by atoms with Gasteiger partial charge in [-0.05, 0) is 37.7 Å². The van der Waals surface area contributed by atoms with Crippen molar-refractivity contribution in [3.8, 4) is 0 Å². The highest BCUT2D eigenvalue weighted by molar-refractivity contribution is 6.33. The molecule has 21 heavy (non-hydrogen) atoms. The third kappa shape index (κ3) is 4.96. The van der Waals surface area contributed by atoms with Crippen LogP contribution in [0, 0.1) is 0 Å². The van der Waals surface area contributed by atoms with Gasteiger partial charge < -0.3 is 16.0 Å². The number of hydrogen-bond donors (Lipinski definition) is 2. The highest BCUT2D eigenvalue weighted by atomic mass is 35.5. The molecule has 0 atom stereocenters. The summed E-state index contributed by atoms with van der Waals surface area (Å²) in [6, 6.07) is 16.1. The van der Waals surface area contributed by atoms with Crippen LogP contribution in [0.2, 0.25) is 5.02 Å². The maximum atomic E-state index is 6.13. The van der Waals surface area contributed by atoms with Crippen LogP contribution in [0.5, 0.6) is 0 Å². The summed E-state index contributed by atoms with van der Waals surface area (Å²) in [5, 5.41) is 3.99. The molecule has 2 aromatic carbocycles. The van der Waals surface area contributed by atoms with Crippen molar-refractivity contribution in [1.29, 1.82) is 0 Å². The van der Waals surface area contributed by atoms with E-state index in [2.05, 4.69) is 41.5 Å². The van der Waals surface area contributed by atoms with Crippen LogP contribution in [0.1, 0.15) is 12.0 Å².